The second-order valence-electron chi connectivity index (χ2n) is 5.41. The van der Waals surface area contributed by atoms with Crippen molar-refractivity contribution in [2.24, 2.45) is 5.16 Å². The van der Waals surface area contributed by atoms with Crippen LogP contribution in [0.1, 0.15) is 30.0 Å². The van der Waals surface area contributed by atoms with E-state index in [0.29, 0.717) is 24.3 Å². The summed E-state index contributed by atoms with van der Waals surface area (Å²) in [7, 11) is 0. The number of aryl methyl sites for hydroxylation is 1. The predicted octanol–water partition coefficient (Wildman–Crippen LogP) is 5.22. The fourth-order valence-electron chi connectivity index (χ4n) is 2.20. The van der Waals surface area contributed by atoms with Gasteiger partial charge >= 0.3 is 6.18 Å². The van der Waals surface area contributed by atoms with Crippen molar-refractivity contribution in [1.82, 2.24) is 0 Å². The Morgan fingerprint density at radius 2 is 1.68 bits per heavy atom. The first-order chi connectivity index (χ1) is 11.9. The maximum Gasteiger partial charge on any atom is 0.416 e. The minimum atomic E-state index is -4.34. The Bertz CT molecular complexity index is 709. The molecule has 0 aromatic heterocycles. The van der Waals surface area contributed by atoms with Crippen molar-refractivity contribution in [3.05, 3.63) is 65.2 Å². The molecule has 0 atom stereocenters. The van der Waals surface area contributed by atoms with Crippen LogP contribution in [0.2, 0.25) is 0 Å². The number of alkyl halides is 3. The lowest BCUT2D eigenvalue weighted by molar-refractivity contribution is -0.137. The fraction of sp³-hybridized carbons (Fsp3) is 0.316. The van der Waals surface area contributed by atoms with Gasteiger partial charge in [-0.05, 0) is 42.7 Å². The van der Waals surface area contributed by atoms with Crippen LogP contribution >= 0.6 is 0 Å². The van der Waals surface area contributed by atoms with E-state index in [1.165, 1.54) is 12.1 Å². The SMILES string of the molecule is CC/C(=N\OCCOc1ccccc1C)c1ccc(C(F)(F)F)cc1. The molecule has 6 heteroatoms. The van der Waals surface area contributed by atoms with Crippen LogP contribution in [-0.2, 0) is 11.0 Å². The van der Waals surface area contributed by atoms with Gasteiger partial charge in [-0.1, -0.05) is 42.4 Å². The molecule has 0 fully saturated rings. The van der Waals surface area contributed by atoms with Gasteiger partial charge in [-0.3, -0.25) is 0 Å². The highest BCUT2D eigenvalue weighted by atomic mass is 19.4. The van der Waals surface area contributed by atoms with Gasteiger partial charge in [0.1, 0.15) is 12.4 Å². The topological polar surface area (TPSA) is 30.8 Å². The van der Waals surface area contributed by atoms with E-state index >= 15 is 0 Å². The highest BCUT2D eigenvalue weighted by Crippen LogP contribution is 2.29. The lowest BCUT2D eigenvalue weighted by Gasteiger charge is -2.10. The lowest BCUT2D eigenvalue weighted by Crippen LogP contribution is -2.08. The number of para-hydroxylation sites is 1. The Labute approximate surface area is 145 Å². The Morgan fingerprint density at radius 1 is 1.00 bits per heavy atom. The Kier molecular flexibility index (Phi) is 6.44. The summed E-state index contributed by atoms with van der Waals surface area (Å²) in [5.41, 5.74) is 1.55. The molecule has 0 aliphatic rings. The molecule has 0 aliphatic heterocycles. The zero-order valence-corrected chi connectivity index (χ0v) is 14.1. The first-order valence-corrected chi connectivity index (χ1v) is 7.96. The van der Waals surface area contributed by atoms with Crippen molar-refractivity contribution >= 4 is 5.71 Å². The standard InChI is InChI=1S/C19H20F3NO2/c1-3-17(15-8-10-16(11-9-15)19(20,21)22)23-25-13-12-24-18-7-5-4-6-14(18)2/h4-11H,3,12-13H2,1-2H3/b23-17+. The molecular formula is C19H20F3NO2. The Morgan fingerprint density at radius 3 is 2.28 bits per heavy atom. The van der Waals surface area contributed by atoms with Crippen molar-refractivity contribution in [3.8, 4) is 5.75 Å². The Hall–Kier alpha value is -2.50. The van der Waals surface area contributed by atoms with E-state index in [1.54, 1.807) is 0 Å². The molecule has 0 aliphatic carbocycles. The third-order valence-electron chi connectivity index (χ3n) is 3.58. The van der Waals surface area contributed by atoms with Crippen molar-refractivity contribution < 1.29 is 22.7 Å². The van der Waals surface area contributed by atoms with Crippen LogP contribution in [0, 0.1) is 6.92 Å². The fourth-order valence-corrected chi connectivity index (χ4v) is 2.20. The van der Waals surface area contributed by atoms with E-state index in [2.05, 4.69) is 5.16 Å². The van der Waals surface area contributed by atoms with Crippen LogP contribution in [0.3, 0.4) is 0 Å². The molecule has 2 aromatic carbocycles. The summed E-state index contributed by atoms with van der Waals surface area (Å²) in [5, 5.41) is 4.01. The molecule has 0 saturated heterocycles. The van der Waals surface area contributed by atoms with Gasteiger partial charge in [0.05, 0.1) is 11.3 Å². The van der Waals surface area contributed by atoms with Gasteiger partial charge in [0.25, 0.3) is 0 Å². The number of hydrogen-bond acceptors (Lipinski definition) is 3. The second-order valence-corrected chi connectivity index (χ2v) is 5.41. The highest BCUT2D eigenvalue weighted by molar-refractivity contribution is 6.00. The summed E-state index contributed by atoms with van der Waals surface area (Å²) < 4.78 is 43.4. The van der Waals surface area contributed by atoms with Crippen molar-refractivity contribution in [3.63, 3.8) is 0 Å². The summed E-state index contributed by atoms with van der Waals surface area (Å²) in [6.45, 7) is 4.40. The third kappa shape index (κ3) is 5.52. The van der Waals surface area contributed by atoms with Crippen LogP contribution in [0.4, 0.5) is 13.2 Å². The molecule has 0 saturated carbocycles. The normalized spacial score (nSPS) is 12.1. The molecule has 0 unspecified atom stereocenters. The quantitative estimate of drug-likeness (QED) is 0.389. The van der Waals surface area contributed by atoms with Gasteiger partial charge in [-0.25, -0.2) is 0 Å². The van der Waals surface area contributed by atoms with Crippen molar-refractivity contribution in [2.75, 3.05) is 13.2 Å². The molecule has 0 amide bonds. The number of benzene rings is 2. The molecule has 0 heterocycles. The van der Waals surface area contributed by atoms with Gasteiger partial charge < -0.3 is 9.57 Å². The molecule has 25 heavy (non-hydrogen) atoms. The summed E-state index contributed by atoms with van der Waals surface area (Å²) >= 11 is 0. The first kappa shape index (κ1) is 18.8. The van der Waals surface area contributed by atoms with Crippen molar-refractivity contribution in [2.45, 2.75) is 26.4 Å². The molecule has 0 radical (unpaired) electrons. The van der Waals surface area contributed by atoms with E-state index in [0.717, 1.165) is 23.4 Å². The zero-order chi connectivity index (χ0) is 18.3. The maximum absolute atomic E-state index is 12.6. The average molecular weight is 351 g/mol. The van der Waals surface area contributed by atoms with Crippen LogP contribution in [0.25, 0.3) is 0 Å². The van der Waals surface area contributed by atoms with Gasteiger partial charge in [-0.2, -0.15) is 13.2 Å². The largest absolute Gasteiger partial charge is 0.490 e. The van der Waals surface area contributed by atoms with Gasteiger partial charge in [0.2, 0.25) is 0 Å². The number of ether oxygens (including phenoxy) is 1. The van der Waals surface area contributed by atoms with Crippen molar-refractivity contribution in [1.29, 1.82) is 0 Å². The number of halogens is 3. The molecule has 0 spiro atoms. The highest BCUT2D eigenvalue weighted by Gasteiger charge is 2.30. The molecular weight excluding hydrogens is 331 g/mol. The van der Waals surface area contributed by atoms with E-state index < -0.39 is 11.7 Å². The smallest absolute Gasteiger partial charge is 0.416 e. The van der Waals surface area contributed by atoms with Gasteiger partial charge in [-0.15, -0.1) is 0 Å². The van der Waals surface area contributed by atoms with E-state index in [9.17, 15) is 13.2 Å². The molecule has 2 aromatic rings. The van der Waals surface area contributed by atoms with Crippen LogP contribution in [0.15, 0.2) is 53.7 Å². The number of rotatable bonds is 7. The minimum absolute atomic E-state index is 0.248. The molecule has 3 nitrogen and oxygen atoms in total. The van der Waals surface area contributed by atoms with Crippen LogP contribution in [0.5, 0.6) is 5.75 Å². The Balaban J connectivity index is 1.89. The predicted molar refractivity (Wildman–Crippen MR) is 90.9 cm³/mol. The first-order valence-electron chi connectivity index (χ1n) is 7.96. The molecule has 2 rings (SSSR count). The summed E-state index contributed by atoms with van der Waals surface area (Å²) in [6.07, 6.45) is -3.80. The maximum atomic E-state index is 12.6. The molecule has 0 N–H and O–H groups in total. The van der Waals surface area contributed by atoms with E-state index in [4.69, 9.17) is 9.57 Å². The van der Waals surface area contributed by atoms with E-state index in [1.807, 2.05) is 38.1 Å². The number of hydrogen-bond donors (Lipinski definition) is 0. The summed E-state index contributed by atoms with van der Waals surface area (Å²) in [4.78, 5) is 5.24. The summed E-state index contributed by atoms with van der Waals surface area (Å²) in [6, 6.07) is 12.5. The summed E-state index contributed by atoms with van der Waals surface area (Å²) in [5.74, 6) is 0.786. The van der Waals surface area contributed by atoms with E-state index in [-0.39, 0.29) is 6.61 Å². The second kappa shape index (κ2) is 8.55. The van der Waals surface area contributed by atoms with Crippen LogP contribution < -0.4 is 4.74 Å². The minimum Gasteiger partial charge on any atom is -0.490 e. The van der Waals surface area contributed by atoms with Gasteiger partial charge in [0.15, 0.2) is 6.61 Å². The zero-order valence-electron chi connectivity index (χ0n) is 14.1. The molecule has 0 bridgehead atoms. The molecule has 134 valence electrons. The lowest BCUT2D eigenvalue weighted by atomic mass is 10.1. The number of oxime groups is 1. The van der Waals surface area contributed by atoms with Crippen LogP contribution in [-0.4, -0.2) is 18.9 Å². The number of nitrogens with zero attached hydrogens (tertiary/aromatic N) is 1. The third-order valence-corrected chi connectivity index (χ3v) is 3.58. The average Bonchev–Trinajstić information content (AvgIpc) is 2.59. The van der Waals surface area contributed by atoms with Gasteiger partial charge in [0, 0.05) is 0 Å². The monoisotopic (exact) mass is 351 g/mol.